The summed E-state index contributed by atoms with van der Waals surface area (Å²) in [6.45, 7) is 9.26. The highest BCUT2D eigenvalue weighted by molar-refractivity contribution is 5.85. The van der Waals surface area contributed by atoms with Gasteiger partial charge in [-0.3, -0.25) is 0 Å². The van der Waals surface area contributed by atoms with Gasteiger partial charge in [-0.2, -0.15) is 0 Å². The third-order valence-corrected chi connectivity index (χ3v) is 3.69. The highest BCUT2D eigenvalue weighted by Gasteiger charge is 2.34. The molecule has 0 radical (unpaired) electrons. The first-order chi connectivity index (χ1) is 11.9. The predicted molar refractivity (Wildman–Crippen MR) is 96.3 cm³/mol. The lowest BCUT2D eigenvalue weighted by atomic mass is 9.93. The predicted octanol–water partition coefficient (Wildman–Crippen LogP) is 6.57. The number of hydrogen-bond donors (Lipinski definition) is 0. The van der Waals surface area contributed by atoms with Crippen molar-refractivity contribution in [2.75, 3.05) is 0 Å². The van der Waals surface area contributed by atoms with Gasteiger partial charge in [0.1, 0.15) is 5.75 Å². The Morgan fingerprint density at radius 3 is 2.32 bits per heavy atom. The largest absolute Gasteiger partial charge is 0.573 e. The second-order valence-electron chi connectivity index (χ2n) is 5.35. The molecule has 2 rings (SSSR count). The van der Waals surface area contributed by atoms with E-state index in [4.69, 9.17) is 0 Å². The van der Waals surface area contributed by atoms with E-state index in [1.54, 1.807) is 42.5 Å². The number of hydrogen-bond acceptors (Lipinski definition) is 1. The molecule has 0 aliphatic carbocycles. The Morgan fingerprint density at radius 1 is 1.12 bits per heavy atom. The van der Waals surface area contributed by atoms with Crippen LogP contribution in [0, 0.1) is 0 Å². The van der Waals surface area contributed by atoms with Crippen LogP contribution in [0.15, 0.2) is 73.9 Å². The molecule has 0 amide bonds. The molecule has 0 N–H and O–H groups in total. The summed E-state index contributed by atoms with van der Waals surface area (Å²) in [4.78, 5) is 0. The lowest BCUT2D eigenvalue weighted by molar-refractivity contribution is -0.274. The average Bonchev–Trinajstić information content (AvgIpc) is 2.59. The van der Waals surface area contributed by atoms with Crippen LogP contribution in [-0.4, -0.2) is 6.36 Å². The van der Waals surface area contributed by atoms with Crippen LogP contribution in [0.5, 0.6) is 5.75 Å². The van der Waals surface area contributed by atoms with E-state index in [1.165, 1.54) is 12.2 Å². The summed E-state index contributed by atoms with van der Waals surface area (Å²) < 4.78 is 43.6. The fourth-order valence-electron chi connectivity index (χ4n) is 2.56. The van der Waals surface area contributed by atoms with E-state index in [1.807, 2.05) is 13.0 Å². The molecule has 0 spiro atoms. The van der Waals surface area contributed by atoms with Crippen LogP contribution in [0.1, 0.15) is 18.1 Å². The van der Waals surface area contributed by atoms with Gasteiger partial charge in [-0.15, -0.1) is 13.2 Å². The van der Waals surface area contributed by atoms with Gasteiger partial charge in [-0.25, -0.2) is 0 Å². The van der Waals surface area contributed by atoms with Gasteiger partial charge < -0.3 is 4.74 Å². The number of aryl methyl sites for hydroxylation is 1. The van der Waals surface area contributed by atoms with Crippen molar-refractivity contribution < 1.29 is 17.9 Å². The topological polar surface area (TPSA) is 9.23 Å². The third kappa shape index (κ3) is 4.63. The molecule has 0 aromatic heterocycles. The van der Waals surface area contributed by atoms with Gasteiger partial charge in [0.15, 0.2) is 0 Å². The molecule has 0 aliphatic rings. The number of allylic oxidation sites excluding steroid dienone is 4. The second-order valence-corrected chi connectivity index (χ2v) is 5.35. The minimum atomic E-state index is -4.80. The van der Waals surface area contributed by atoms with Crippen LogP contribution >= 0.6 is 0 Å². The summed E-state index contributed by atoms with van der Waals surface area (Å²) >= 11 is 0. The van der Waals surface area contributed by atoms with Crippen LogP contribution in [-0.2, 0) is 6.42 Å². The summed E-state index contributed by atoms with van der Waals surface area (Å²) in [5.74, 6) is -0.232. The maximum absolute atomic E-state index is 13.1. The molecule has 0 fully saturated rings. The van der Waals surface area contributed by atoms with E-state index in [2.05, 4.69) is 17.9 Å². The molecule has 0 atom stereocenters. The molecule has 0 unspecified atom stereocenters. The summed E-state index contributed by atoms with van der Waals surface area (Å²) in [5.41, 5.74) is 2.80. The van der Waals surface area contributed by atoms with E-state index in [9.17, 15) is 13.2 Å². The van der Waals surface area contributed by atoms with E-state index in [-0.39, 0.29) is 5.75 Å². The second kappa shape index (κ2) is 7.88. The highest BCUT2D eigenvalue weighted by Crippen LogP contribution is 2.41. The van der Waals surface area contributed by atoms with Crippen molar-refractivity contribution in [3.05, 3.63) is 85.0 Å². The van der Waals surface area contributed by atoms with Crippen molar-refractivity contribution >= 4 is 5.57 Å². The minimum Gasteiger partial charge on any atom is -0.404 e. The minimum absolute atomic E-state index is 0.232. The van der Waals surface area contributed by atoms with Gasteiger partial charge >= 0.3 is 6.36 Å². The lowest BCUT2D eigenvalue weighted by Crippen LogP contribution is -2.19. The maximum Gasteiger partial charge on any atom is 0.573 e. The number of benzene rings is 2. The highest BCUT2D eigenvalue weighted by atomic mass is 19.4. The fraction of sp³-hybridized carbons (Fsp3) is 0.143. The van der Waals surface area contributed by atoms with Crippen molar-refractivity contribution in [2.45, 2.75) is 19.7 Å². The Labute approximate surface area is 145 Å². The summed E-state index contributed by atoms with van der Waals surface area (Å²) in [6, 6.07) is 12.3. The zero-order chi connectivity index (χ0) is 18.4. The quantitative estimate of drug-likeness (QED) is 0.539. The smallest absolute Gasteiger partial charge is 0.404 e. The average molecular weight is 344 g/mol. The Hall–Kier alpha value is -2.75. The van der Waals surface area contributed by atoms with Crippen molar-refractivity contribution in [3.8, 4) is 16.9 Å². The number of ether oxygens (including phenoxy) is 1. The summed E-state index contributed by atoms with van der Waals surface area (Å²) in [7, 11) is 0. The van der Waals surface area contributed by atoms with Crippen molar-refractivity contribution in [2.24, 2.45) is 0 Å². The van der Waals surface area contributed by atoms with Crippen molar-refractivity contribution in [1.29, 1.82) is 0 Å². The monoisotopic (exact) mass is 344 g/mol. The first-order valence-electron chi connectivity index (χ1n) is 7.83. The molecule has 130 valence electrons. The molecular formula is C21H19F3O. The SMILES string of the molecule is C=C/C=C(\C=C)c1cc(CC)cc(-c2ccccc2)c1OC(F)(F)F. The Balaban J connectivity index is 2.82. The van der Waals surface area contributed by atoms with Gasteiger partial charge in [0.25, 0.3) is 0 Å². The van der Waals surface area contributed by atoms with Gasteiger partial charge in [0, 0.05) is 11.1 Å². The molecule has 0 saturated carbocycles. The lowest BCUT2D eigenvalue weighted by Gasteiger charge is -2.19. The van der Waals surface area contributed by atoms with Gasteiger partial charge in [0.05, 0.1) is 0 Å². The van der Waals surface area contributed by atoms with E-state index >= 15 is 0 Å². The number of halogens is 3. The molecule has 0 heterocycles. The Morgan fingerprint density at radius 2 is 1.80 bits per heavy atom. The fourth-order valence-corrected chi connectivity index (χ4v) is 2.56. The van der Waals surface area contributed by atoms with Gasteiger partial charge in [-0.05, 0) is 35.3 Å². The van der Waals surface area contributed by atoms with Gasteiger partial charge in [0.2, 0.25) is 0 Å². The Bertz CT molecular complexity index is 787. The third-order valence-electron chi connectivity index (χ3n) is 3.69. The van der Waals surface area contributed by atoms with Crippen LogP contribution in [0.2, 0.25) is 0 Å². The van der Waals surface area contributed by atoms with Crippen molar-refractivity contribution in [3.63, 3.8) is 0 Å². The van der Waals surface area contributed by atoms with Crippen molar-refractivity contribution in [1.82, 2.24) is 0 Å². The zero-order valence-electron chi connectivity index (χ0n) is 13.9. The van der Waals surface area contributed by atoms with Crippen LogP contribution in [0.3, 0.4) is 0 Å². The molecule has 0 aliphatic heterocycles. The van der Waals surface area contributed by atoms with E-state index < -0.39 is 6.36 Å². The number of rotatable bonds is 6. The molecule has 2 aromatic rings. The van der Waals surface area contributed by atoms with Crippen LogP contribution in [0.4, 0.5) is 13.2 Å². The molecule has 0 bridgehead atoms. The number of alkyl halides is 3. The van der Waals surface area contributed by atoms with Crippen LogP contribution < -0.4 is 4.74 Å². The normalized spacial score (nSPS) is 11.9. The van der Waals surface area contributed by atoms with Crippen LogP contribution in [0.25, 0.3) is 16.7 Å². The molecular weight excluding hydrogens is 325 g/mol. The molecule has 2 aromatic carbocycles. The van der Waals surface area contributed by atoms with Gasteiger partial charge in [-0.1, -0.05) is 68.6 Å². The first kappa shape index (κ1) is 18.6. The molecule has 0 saturated heterocycles. The Kier molecular flexibility index (Phi) is 5.86. The first-order valence-corrected chi connectivity index (χ1v) is 7.83. The zero-order valence-corrected chi connectivity index (χ0v) is 13.9. The van der Waals surface area contributed by atoms with E-state index in [0.29, 0.717) is 28.7 Å². The summed E-state index contributed by atoms with van der Waals surface area (Å²) in [6.07, 6.45) is 0.494. The standard InChI is InChI=1S/C21H19F3O/c1-4-10-16(6-3)18-13-15(5-2)14-19(17-11-8-7-9-12-17)20(18)25-21(22,23)24/h4,6-14H,1,3,5H2,2H3/b16-10+. The molecule has 4 heteroatoms. The molecule has 1 nitrogen and oxygen atoms in total. The summed E-state index contributed by atoms with van der Waals surface area (Å²) in [5, 5.41) is 0. The maximum atomic E-state index is 13.1. The van der Waals surface area contributed by atoms with E-state index in [0.717, 1.165) is 5.56 Å². The molecule has 25 heavy (non-hydrogen) atoms.